The molecular formula is C14H23N3. The lowest BCUT2D eigenvalue weighted by atomic mass is 9.85. The SMILES string of the molecule is Cc1ncccc1N1CCNC(C(C)(C)C)C1. The summed E-state index contributed by atoms with van der Waals surface area (Å²) in [6.45, 7) is 12.2. The van der Waals surface area contributed by atoms with Gasteiger partial charge in [-0.3, -0.25) is 4.98 Å². The first-order valence-electron chi connectivity index (χ1n) is 6.38. The van der Waals surface area contributed by atoms with E-state index in [1.165, 1.54) is 5.69 Å². The average molecular weight is 233 g/mol. The molecule has 17 heavy (non-hydrogen) atoms. The van der Waals surface area contributed by atoms with Gasteiger partial charge in [0, 0.05) is 31.9 Å². The maximum Gasteiger partial charge on any atom is 0.0605 e. The van der Waals surface area contributed by atoms with Crippen molar-refractivity contribution in [3.63, 3.8) is 0 Å². The van der Waals surface area contributed by atoms with Crippen molar-refractivity contribution in [3.8, 4) is 0 Å². The lowest BCUT2D eigenvalue weighted by Crippen LogP contribution is -2.56. The number of aromatic nitrogens is 1. The van der Waals surface area contributed by atoms with Gasteiger partial charge >= 0.3 is 0 Å². The number of pyridine rings is 1. The number of hydrogen-bond acceptors (Lipinski definition) is 3. The molecule has 1 aliphatic rings. The van der Waals surface area contributed by atoms with Crippen molar-refractivity contribution in [3.05, 3.63) is 24.0 Å². The van der Waals surface area contributed by atoms with Gasteiger partial charge in [0.15, 0.2) is 0 Å². The number of nitrogens with zero attached hydrogens (tertiary/aromatic N) is 2. The molecule has 0 aromatic carbocycles. The minimum Gasteiger partial charge on any atom is -0.367 e. The first-order valence-corrected chi connectivity index (χ1v) is 6.38. The van der Waals surface area contributed by atoms with Crippen LogP contribution in [-0.2, 0) is 0 Å². The van der Waals surface area contributed by atoms with Crippen LogP contribution in [0.1, 0.15) is 26.5 Å². The van der Waals surface area contributed by atoms with E-state index in [0.29, 0.717) is 11.5 Å². The van der Waals surface area contributed by atoms with Crippen LogP contribution in [0.2, 0.25) is 0 Å². The standard InChI is InChI=1S/C14H23N3/c1-11-12(6-5-7-15-11)17-9-8-16-13(10-17)14(2,3)4/h5-7,13,16H,8-10H2,1-4H3. The molecule has 94 valence electrons. The molecule has 1 atom stereocenters. The van der Waals surface area contributed by atoms with Gasteiger partial charge in [-0.15, -0.1) is 0 Å². The Balaban J connectivity index is 2.15. The van der Waals surface area contributed by atoms with Crippen LogP contribution in [0.3, 0.4) is 0 Å². The number of rotatable bonds is 1. The third-order valence-corrected chi connectivity index (χ3v) is 3.54. The Hall–Kier alpha value is -1.09. The summed E-state index contributed by atoms with van der Waals surface area (Å²) in [4.78, 5) is 6.83. The summed E-state index contributed by atoms with van der Waals surface area (Å²) >= 11 is 0. The minimum absolute atomic E-state index is 0.300. The summed E-state index contributed by atoms with van der Waals surface area (Å²) in [7, 11) is 0. The van der Waals surface area contributed by atoms with Crippen molar-refractivity contribution < 1.29 is 0 Å². The normalized spacial score (nSPS) is 21.6. The van der Waals surface area contributed by atoms with Crippen LogP contribution >= 0.6 is 0 Å². The summed E-state index contributed by atoms with van der Waals surface area (Å²) in [5.41, 5.74) is 2.71. The molecule has 0 spiro atoms. The molecule has 1 saturated heterocycles. The highest BCUT2D eigenvalue weighted by molar-refractivity contribution is 5.50. The number of aryl methyl sites for hydroxylation is 1. The third-order valence-electron chi connectivity index (χ3n) is 3.54. The molecule has 0 aliphatic carbocycles. The van der Waals surface area contributed by atoms with Crippen LogP contribution in [0.4, 0.5) is 5.69 Å². The van der Waals surface area contributed by atoms with Gasteiger partial charge in [0.1, 0.15) is 0 Å². The number of anilines is 1. The van der Waals surface area contributed by atoms with Crippen molar-refractivity contribution in [2.45, 2.75) is 33.7 Å². The van der Waals surface area contributed by atoms with Crippen LogP contribution in [0.5, 0.6) is 0 Å². The van der Waals surface area contributed by atoms with E-state index in [4.69, 9.17) is 0 Å². The largest absolute Gasteiger partial charge is 0.367 e. The zero-order valence-corrected chi connectivity index (χ0v) is 11.3. The second kappa shape index (κ2) is 4.65. The van der Waals surface area contributed by atoms with E-state index < -0.39 is 0 Å². The van der Waals surface area contributed by atoms with Crippen molar-refractivity contribution in [2.75, 3.05) is 24.5 Å². The molecule has 3 nitrogen and oxygen atoms in total. The number of piperazine rings is 1. The van der Waals surface area contributed by atoms with E-state index in [-0.39, 0.29) is 0 Å². The van der Waals surface area contributed by atoms with Crippen molar-refractivity contribution >= 4 is 5.69 Å². The van der Waals surface area contributed by atoms with Crippen molar-refractivity contribution in [1.29, 1.82) is 0 Å². The fraction of sp³-hybridized carbons (Fsp3) is 0.643. The summed E-state index contributed by atoms with van der Waals surface area (Å²) in [5.74, 6) is 0. The van der Waals surface area contributed by atoms with E-state index in [1.807, 2.05) is 12.3 Å². The van der Waals surface area contributed by atoms with Gasteiger partial charge in [0.2, 0.25) is 0 Å². The van der Waals surface area contributed by atoms with Crippen molar-refractivity contribution in [2.24, 2.45) is 5.41 Å². The van der Waals surface area contributed by atoms with E-state index in [0.717, 1.165) is 25.3 Å². The summed E-state index contributed by atoms with van der Waals surface area (Å²) < 4.78 is 0. The van der Waals surface area contributed by atoms with Gasteiger partial charge in [0.05, 0.1) is 11.4 Å². The Morgan fingerprint density at radius 2 is 2.18 bits per heavy atom. The number of hydrogen-bond donors (Lipinski definition) is 1. The molecule has 1 aromatic heterocycles. The topological polar surface area (TPSA) is 28.2 Å². The van der Waals surface area contributed by atoms with Gasteiger partial charge in [-0.25, -0.2) is 0 Å². The molecule has 1 aliphatic heterocycles. The van der Waals surface area contributed by atoms with Crippen LogP contribution in [0.15, 0.2) is 18.3 Å². The van der Waals surface area contributed by atoms with Crippen LogP contribution < -0.4 is 10.2 Å². The molecule has 2 heterocycles. The Labute approximate surface area is 104 Å². The third kappa shape index (κ3) is 2.78. The molecule has 1 fully saturated rings. The lowest BCUT2D eigenvalue weighted by Gasteiger charge is -2.41. The summed E-state index contributed by atoms with van der Waals surface area (Å²) in [5, 5.41) is 3.62. The molecule has 1 unspecified atom stereocenters. The Morgan fingerprint density at radius 1 is 1.41 bits per heavy atom. The Kier molecular flexibility index (Phi) is 3.38. The molecule has 0 bridgehead atoms. The molecule has 0 saturated carbocycles. The zero-order valence-electron chi connectivity index (χ0n) is 11.3. The molecule has 3 heteroatoms. The molecule has 0 amide bonds. The highest BCUT2D eigenvalue weighted by atomic mass is 15.2. The molecule has 2 rings (SSSR count). The fourth-order valence-electron chi connectivity index (χ4n) is 2.36. The smallest absolute Gasteiger partial charge is 0.0605 e. The van der Waals surface area contributed by atoms with E-state index >= 15 is 0 Å². The monoisotopic (exact) mass is 233 g/mol. The Bertz CT molecular complexity index is 381. The quantitative estimate of drug-likeness (QED) is 0.806. The van der Waals surface area contributed by atoms with Gasteiger partial charge in [-0.05, 0) is 24.5 Å². The number of nitrogens with one attached hydrogen (secondary N) is 1. The zero-order chi connectivity index (χ0) is 12.5. The highest BCUT2D eigenvalue weighted by Crippen LogP contribution is 2.25. The Morgan fingerprint density at radius 3 is 2.82 bits per heavy atom. The van der Waals surface area contributed by atoms with Crippen LogP contribution in [-0.4, -0.2) is 30.7 Å². The van der Waals surface area contributed by atoms with E-state index in [1.54, 1.807) is 0 Å². The summed E-state index contributed by atoms with van der Waals surface area (Å²) in [6.07, 6.45) is 1.86. The highest BCUT2D eigenvalue weighted by Gasteiger charge is 2.29. The lowest BCUT2D eigenvalue weighted by molar-refractivity contribution is 0.254. The van der Waals surface area contributed by atoms with Gasteiger partial charge in [-0.1, -0.05) is 20.8 Å². The van der Waals surface area contributed by atoms with Crippen LogP contribution in [0.25, 0.3) is 0 Å². The van der Waals surface area contributed by atoms with Crippen LogP contribution in [0, 0.1) is 12.3 Å². The second-order valence-corrected chi connectivity index (χ2v) is 5.93. The summed E-state index contributed by atoms with van der Waals surface area (Å²) in [6, 6.07) is 4.74. The first kappa shape index (κ1) is 12.4. The predicted octanol–water partition coefficient (Wildman–Crippen LogP) is 2.21. The maximum atomic E-state index is 4.38. The first-order chi connectivity index (χ1) is 7.98. The average Bonchev–Trinajstić information content (AvgIpc) is 2.29. The minimum atomic E-state index is 0.300. The van der Waals surface area contributed by atoms with E-state index in [9.17, 15) is 0 Å². The molecular weight excluding hydrogens is 210 g/mol. The van der Waals surface area contributed by atoms with Gasteiger partial charge in [0.25, 0.3) is 0 Å². The second-order valence-electron chi connectivity index (χ2n) is 5.93. The van der Waals surface area contributed by atoms with Gasteiger partial charge < -0.3 is 10.2 Å². The molecule has 0 radical (unpaired) electrons. The predicted molar refractivity (Wildman–Crippen MR) is 72.4 cm³/mol. The molecule has 1 aromatic rings. The van der Waals surface area contributed by atoms with Gasteiger partial charge in [-0.2, -0.15) is 0 Å². The van der Waals surface area contributed by atoms with E-state index in [2.05, 4.69) is 49.0 Å². The fourth-order valence-corrected chi connectivity index (χ4v) is 2.36. The maximum absolute atomic E-state index is 4.38. The molecule has 1 N–H and O–H groups in total. The van der Waals surface area contributed by atoms with Crippen molar-refractivity contribution in [1.82, 2.24) is 10.3 Å².